The molecule has 2 aromatic rings. The number of aryl methyl sites for hydroxylation is 1. The summed E-state index contributed by atoms with van der Waals surface area (Å²) in [4.78, 5) is 4.22. The summed E-state index contributed by atoms with van der Waals surface area (Å²) >= 11 is 0. The van der Waals surface area contributed by atoms with Crippen molar-refractivity contribution in [3.63, 3.8) is 0 Å². The molecule has 0 bridgehead atoms. The quantitative estimate of drug-likeness (QED) is 0.856. The Kier molecular flexibility index (Phi) is 2.29. The fourth-order valence-corrected chi connectivity index (χ4v) is 1.64. The van der Waals surface area contributed by atoms with Crippen LogP contribution in [0.3, 0.4) is 0 Å². The summed E-state index contributed by atoms with van der Waals surface area (Å²) in [6.45, 7) is 2.69. The number of hydrogen-bond acceptors (Lipinski definition) is 4. The van der Waals surface area contributed by atoms with Gasteiger partial charge in [-0.3, -0.25) is 0 Å². The largest absolute Gasteiger partial charge is 0.461 e. The summed E-state index contributed by atoms with van der Waals surface area (Å²) in [6.07, 6.45) is 5.92. The third kappa shape index (κ3) is 1.88. The van der Waals surface area contributed by atoms with Crippen LogP contribution in [0.5, 0.6) is 0 Å². The minimum absolute atomic E-state index is 0.667. The second-order valence-corrected chi connectivity index (χ2v) is 4.21. The number of nitrogens with one attached hydrogen (secondary N) is 1. The molecule has 16 heavy (non-hydrogen) atoms. The number of nitrogens with zero attached hydrogens (tertiary/aromatic N) is 1. The Morgan fingerprint density at radius 2 is 2.38 bits per heavy atom. The first-order valence-electron chi connectivity index (χ1n) is 5.55. The molecule has 1 aliphatic rings. The van der Waals surface area contributed by atoms with Crippen molar-refractivity contribution < 1.29 is 8.83 Å². The monoisotopic (exact) mass is 218 g/mol. The lowest BCUT2D eigenvalue weighted by molar-refractivity contribution is 0.460. The maximum absolute atomic E-state index is 5.62. The van der Waals surface area contributed by atoms with Crippen molar-refractivity contribution in [2.75, 3.05) is 0 Å². The van der Waals surface area contributed by atoms with Gasteiger partial charge in [-0.05, 0) is 31.4 Å². The van der Waals surface area contributed by atoms with Gasteiger partial charge in [-0.25, -0.2) is 4.98 Å². The fourth-order valence-electron chi connectivity index (χ4n) is 1.64. The van der Waals surface area contributed by atoms with E-state index in [-0.39, 0.29) is 0 Å². The van der Waals surface area contributed by atoms with E-state index in [1.165, 1.54) is 12.8 Å². The lowest BCUT2D eigenvalue weighted by Crippen LogP contribution is -2.15. The predicted octanol–water partition coefficient (Wildman–Crippen LogP) is 2.50. The topological polar surface area (TPSA) is 51.2 Å². The van der Waals surface area contributed by atoms with Crippen molar-refractivity contribution in [1.82, 2.24) is 10.3 Å². The molecule has 2 aromatic heterocycles. The van der Waals surface area contributed by atoms with Gasteiger partial charge < -0.3 is 14.2 Å². The van der Waals surface area contributed by atoms with Crippen LogP contribution in [0, 0.1) is 6.92 Å². The van der Waals surface area contributed by atoms with Crippen LogP contribution in [0.15, 0.2) is 27.4 Å². The molecular formula is C12H14N2O2. The van der Waals surface area contributed by atoms with Gasteiger partial charge in [0, 0.05) is 6.04 Å². The minimum atomic E-state index is 0.667. The first-order chi connectivity index (χ1) is 7.83. The molecular weight excluding hydrogens is 204 g/mol. The van der Waals surface area contributed by atoms with Crippen LogP contribution in [-0.2, 0) is 6.54 Å². The van der Waals surface area contributed by atoms with Gasteiger partial charge in [-0.2, -0.15) is 0 Å². The summed E-state index contributed by atoms with van der Waals surface area (Å²) < 4.78 is 11.0. The van der Waals surface area contributed by atoms with Crippen LogP contribution in [0.25, 0.3) is 11.5 Å². The van der Waals surface area contributed by atoms with E-state index in [0.717, 1.165) is 17.2 Å². The normalized spacial score (nSPS) is 15.6. The first kappa shape index (κ1) is 9.66. The number of rotatable bonds is 4. The Morgan fingerprint density at radius 1 is 1.50 bits per heavy atom. The average Bonchev–Trinajstić information content (AvgIpc) is 2.82. The molecule has 1 saturated carbocycles. The molecule has 3 rings (SSSR count). The lowest BCUT2D eigenvalue weighted by Gasteiger charge is -1.96. The Labute approximate surface area is 93.7 Å². The van der Waals surface area contributed by atoms with Crippen molar-refractivity contribution in [1.29, 1.82) is 0 Å². The van der Waals surface area contributed by atoms with Gasteiger partial charge in [0.05, 0.1) is 19.0 Å². The first-order valence-corrected chi connectivity index (χ1v) is 5.55. The van der Waals surface area contributed by atoms with Crippen molar-refractivity contribution in [3.8, 4) is 11.5 Å². The van der Waals surface area contributed by atoms with E-state index in [2.05, 4.69) is 10.3 Å². The summed E-state index contributed by atoms with van der Waals surface area (Å²) in [5.74, 6) is 2.19. The summed E-state index contributed by atoms with van der Waals surface area (Å²) in [7, 11) is 0. The third-order valence-electron chi connectivity index (χ3n) is 2.76. The average molecular weight is 218 g/mol. The molecule has 0 spiro atoms. The van der Waals surface area contributed by atoms with Gasteiger partial charge in [0.1, 0.15) is 0 Å². The van der Waals surface area contributed by atoms with Crippen LogP contribution in [0.4, 0.5) is 0 Å². The molecule has 0 saturated heterocycles. The Hall–Kier alpha value is -1.55. The highest BCUT2D eigenvalue weighted by Crippen LogP contribution is 2.25. The third-order valence-corrected chi connectivity index (χ3v) is 2.76. The van der Waals surface area contributed by atoms with Crippen molar-refractivity contribution >= 4 is 0 Å². The zero-order valence-electron chi connectivity index (χ0n) is 9.19. The SMILES string of the molecule is Cc1ccoc1-c1cnc(CNC2CC2)o1. The van der Waals surface area contributed by atoms with Crippen LogP contribution >= 0.6 is 0 Å². The molecule has 0 aliphatic heterocycles. The molecule has 0 atom stereocenters. The molecule has 0 amide bonds. The molecule has 4 nitrogen and oxygen atoms in total. The highest BCUT2D eigenvalue weighted by atomic mass is 16.4. The Bertz CT molecular complexity index is 483. The zero-order chi connectivity index (χ0) is 11.0. The minimum Gasteiger partial charge on any atom is -0.461 e. The molecule has 0 aromatic carbocycles. The molecule has 84 valence electrons. The Morgan fingerprint density at radius 3 is 3.06 bits per heavy atom. The number of hydrogen-bond donors (Lipinski definition) is 1. The van der Waals surface area contributed by atoms with E-state index in [0.29, 0.717) is 18.3 Å². The van der Waals surface area contributed by atoms with Gasteiger partial charge in [0.25, 0.3) is 0 Å². The van der Waals surface area contributed by atoms with E-state index >= 15 is 0 Å². The maximum Gasteiger partial charge on any atom is 0.209 e. The van der Waals surface area contributed by atoms with Crippen LogP contribution < -0.4 is 5.32 Å². The summed E-state index contributed by atoms with van der Waals surface area (Å²) in [5, 5.41) is 3.36. The zero-order valence-corrected chi connectivity index (χ0v) is 9.19. The predicted molar refractivity (Wildman–Crippen MR) is 58.8 cm³/mol. The number of aromatic nitrogens is 1. The molecule has 1 aliphatic carbocycles. The van der Waals surface area contributed by atoms with Gasteiger partial charge in [-0.15, -0.1) is 0 Å². The molecule has 1 fully saturated rings. The highest BCUT2D eigenvalue weighted by molar-refractivity contribution is 5.53. The van der Waals surface area contributed by atoms with Crippen LogP contribution in [0.1, 0.15) is 24.3 Å². The number of furan rings is 1. The van der Waals surface area contributed by atoms with Crippen LogP contribution in [0.2, 0.25) is 0 Å². The van der Waals surface area contributed by atoms with E-state index in [1.54, 1.807) is 12.5 Å². The van der Waals surface area contributed by atoms with Gasteiger partial charge in [-0.1, -0.05) is 0 Å². The van der Waals surface area contributed by atoms with E-state index < -0.39 is 0 Å². The highest BCUT2D eigenvalue weighted by Gasteiger charge is 2.21. The summed E-state index contributed by atoms with van der Waals surface area (Å²) in [6, 6.07) is 2.58. The van der Waals surface area contributed by atoms with Crippen molar-refractivity contribution in [3.05, 3.63) is 30.0 Å². The van der Waals surface area contributed by atoms with E-state index in [1.807, 2.05) is 13.0 Å². The fraction of sp³-hybridized carbons (Fsp3) is 0.417. The second-order valence-electron chi connectivity index (χ2n) is 4.21. The number of oxazole rings is 1. The van der Waals surface area contributed by atoms with Crippen molar-refractivity contribution in [2.45, 2.75) is 32.4 Å². The van der Waals surface area contributed by atoms with Gasteiger partial charge in [0.15, 0.2) is 11.5 Å². The smallest absolute Gasteiger partial charge is 0.209 e. The molecule has 1 N–H and O–H groups in total. The van der Waals surface area contributed by atoms with Gasteiger partial charge >= 0.3 is 0 Å². The molecule has 4 heteroatoms. The van der Waals surface area contributed by atoms with Gasteiger partial charge in [0.2, 0.25) is 5.89 Å². The standard InChI is InChI=1S/C12H14N2O2/c1-8-4-5-15-12(8)10-6-14-11(16-10)7-13-9-2-3-9/h4-6,9,13H,2-3,7H2,1H3. The van der Waals surface area contributed by atoms with Crippen LogP contribution in [-0.4, -0.2) is 11.0 Å². The van der Waals surface area contributed by atoms with E-state index in [4.69, 9.17) is 8.83 Å². The van der Waals surface area contributed by atoms with Crippen molar-refractivity contribution in [2.24, 2.45) is 0 Å². The lowest BCUT2D eigenvalue weighted by atomic mass is 10.2. The Balaban J connectivity index is 1.74. The maximum atomic E-state index is 5.62. The van der Waals surface area contributed by atoms with E-state index in [9.17, 15) is 0 Å². The molecule has 0 unspecified atom stereocenters. The summed E-state index contributed by atoms with van der Waals surface area (Å²) in [5.41, 5.74) is 1.07. The second kappa shape index (κ2) is 3.79. The molecule has 2 heterocycles. The molecule has 0 radical (unpaired) electrons.